The third kappa shape index (κ3) is 1.57. The van der Waals surface area contributed by atoms with Crippen LogP contribution in [0.5, 0.6) is 0 Å². The first-order valence-corrected chi connectivity index (χ1v) is 5.57. The van der Waals surface area contributed by atoms with Gasteiger partial charge in [-0.25, -0.2) is 9.97 Å². The fourth-order valence-electron chi connectivity index (χ4n) is 1.32. The maximum absolute atomic E-state index is 12.9. The van der Waals surface area contributed by atoms with Crippen molar-refractivity contribution in [2.45, 2.75) is 4.90 Å². The number of aryl methyl sites for hydroxylation is 1. The number of hydrogen-bond acceptors (Lipinski definition) is 4. The van der Waals surface area contributed by atoms with Crippen molar-refractivity contribution >= 4 is 32.9 Å². The molecule has 2 aromatic rings. The molecule has 0 aliphatic carbocycles. The lowest BCUT2D eigenvalue weighted by Crippen LogP contribution is -1.91. The molecule has 0 saturated heterocycles. The summed E-state index contributed by atoms with van der Waals surface area (Å²) in [7, 11) is -3.27. The first kappa shape index (κ1) is 10.3. The topological polar surface area (TPSA) is 64.8 Å². The zero-order chi connectivity index (χ0) is 11.2. The quantitative estimate of drug-likeness (QED) is 0.564. The summed E-state index contributed by atoms with van der Waals surface area (Å²) >= 11 is 5.69. The molecule has 0 aliphatic rings. The third-order valence-corrected chi connectivity index (χ3v) is 3.06. The van der Waals surface area contributed by atoms with Gasteiger partial charge in [0.1, 0.15) is 22.0 Å². The molecule has 0 saturated carbocycles. The Morgan fingerprint density at radius 3 is 2.73 bits per heavy atom. The summed E-state index contributed by atoms with van der Waals surface area (Å²) in [5.41, 5.74) is 0.270. The van der Waals surface area contributed by atoms with Gasteiger partial charge in [0, 0.05) is 13.2 Å². The van der Waals surface area contributed by atoms with E-state index < -0.39 is 15.1 Å². The molecule has 0 unspecified atom stereocenters. The second-order valence-corrected chi connectivity index (χ2v) is 4.58. The van der Waals surface area contributed by atoms with E-state index in [4.69, 9.17) is 11.6 Å². The average molecular weight is 250 g/mol. The third-order valence-electron chi connectivity index (χ3n) is 1.94. The second-order valence-electron chi connectivity index (χ2n) is 2.91. The van der Waals surface area contributed by atoms with Crippen LogP contribution in [0, 0.1) is 0 Å². The summed E-state index contributed by atoms with van der Waals surface area (Å²) in [5.74, 6) is 0. The van der Waals surface area contributed by atoms with Crippen LogP contribution in [0.15, 0.2) is 17.4 Å². The fraction of sp³-hybridized carbons (Fsp3) is 0.143. The van der Waals surface area contributed by atoms with E-state index in [0.29, 0.717) is 0 Å². The summed E-state index contributed by atoms with van der Waals surface area (Å²) in [6, 6.07) is 0. The van der Waals surface area contributed by atoms with Crippen molar-refractivity contribution in [3.8, 4) is 0 Å². The molecule has 80 valence electrons. The summed E-state index contributed by atoms with van der Waals surface area (Å²) in [4.78, 5) is 6.91. The number of halogens is 2. The monoisotopic (exact) mass is 249 g/mol. The molecular formula is C7H5ClFN3O2S. The van der Waals surface area contributed by atoms with E-state index >= 15 is 0 Å². The van der Waals surface area contributed by atoms with E-state index in [0.717, 1.165) is 6.20 Å². The lowest BCUT2D eigenvalue weighted by atomic mass is 10.4. The van der Waals surface area contributed by atoms with Crippen LogP contribution in [0.3, 0.4) is 0 Å². The van der Waals surface area contributed by atoms with Crippen molar-refractivity contribution in [2.75, 3.05) is 0 Å². The Balaban J connectivity index is 3.01. The lowest BCUT2D eigenvalue weighted by molar-refractivity contribution is 0.552. The molecule has 0 amide bonds. The van der Waals surface area contributed by atoms with E-state index in [9.17, 15) is 12.3 Å². The van der Waals surface area contributed by atoms with Gasteiger partial charge in [-0.2, -0.15) is 8.42 Å². The zero-order valence-corrected chi connectivity index (χ0v) is 9.05. The molecule has 5 nitrogen and oxygen atoms in total. The minimum absolute atomic E-state index is 0.00386. The number of nitrogens with zero attached hydrogens (tertiary/aromatic N) is 3. The number of hydrogen-bond donors (Lipinski definition) is 0. The van der Waals surface area contributed by atoms with Gasteiger partial charge in [0.2, 0.25) is 0 Å². The molecule has 0 N–H and O–H groups in total. The van der Waals surface area contributed by atoms with Crippen LogP contribution in [0.2, 0.25) is 5.15 Å². The highest BCUT2D eigenvalue weighted by atomic mass is 35.5. The Hall–Kier alpha value is -1.21. The molecule has 0 aromatic carbocycles. The van der Waals surface area contributed by atoms with Crippen LogP contribution in [0.4, 0.5) is 3.89 Å². The van der Waals surface area contributed by atoms with Crippen LogP contribution in [0.25, 0.3) is 11.0 Å². The molecule has 0 bridgehead atoms. The minimum Gasteiger partial charge on any atom is -0.334 e. The number of aromatic nitrogens is 3. The molecule has 0 radical (unpaired) electrons. The van der Waals surface area contributed by atoms with Crippen LogP contribution < -0.4 is 0 Å². The first-order chi connectivity index (χ1) is 6.91. The molecule has 8 heteroatoms. The largest absolute Gasteiger partial charge is 0.334 e. The minimum atomic E-state index is -4.82. The maximum Gasteiger partial charge on any atom is 0.334 e. The Kier molecular flexibility index (Phi) is 2.16. The van der Waals surface area contributed by atoms with Crippen LogP contribution in [-0.4, -0.2) is 23.0 Å². The Morgan fingerprint density at radius 1 is 1.47 bits per heavy atom. The molecular weight excluding hydrogens is 245 g/mol. The number of rotatable bonds is 1. The maximum atomic E-state index is 12.9. The van der Waals surface area contributed by atoms with E-state index in [1.54, 1.807) is 7.05 Å². The Labute approximate surface area is 89.7 Å². The van der Waals surface area contributed by atoms with E-state index in [-0.39, 0.29) is 16.2 Å². The Bertz CT molecular complexity index is 637. The first-order valence-electron chi connectivity index (χ1n) is 3.81. The predicted octanol–water partition coefficient (Wildman–Crippen LogP) is 1.28. The van der Waals surface area contributed by atoms with Crippen molar-refractivity contribution < 1.29 is 12.3 Å². The fourth-order valence-corrected chi connectivity index (χ4v) is 2.32. The molecule has 0 spiro atoms. The highest BCUT2D eigenvalue weighted by Gasteiger charge is 2.22. The lowest BCUT2D eigenvalue weighted by Gasteiger charge is -1.94. The molecule has 0 atom stereocenters. The van der Waals surface area contributed by atoms with Gasteiger partial charge in [-0.3, -0.25) is 0 Å². The average Bonchev–Trinajstić information content (AvgIpc) is 2.45. The van der Waals surface area contributed by atoms with Gasteiger partial charge >= 0.3 is 10.2 Å². The van der Waals surface area contributed by atoms with E-state index in [1.165, 1.54) is 10.9 Å². The molecule has 0 fully saturated rings. The normalized spacial score (nSPS) is 12.2. The van der Waals surface area contributed by atoms with Gasteiger partial charge in [0.05, 0.1) is 5.39 Å². The Morgan fingerprint density at radius 2 is 2.13 bits per heavy atom. The van der Waals surface area contributed by atoms with Gasteiger partial charge < -0.3 is 4.57 Å². The predicted molar refractivity (Wildman–Crippen MR) is 51.8 cm³/mol. The van der Waals surface area contributed by atoms with Crippen molar-refractivity contribution in [3.05, 3.63) is 17.7 Å². The molecule has 2 rings (SSSR count). The summed E-state index contributed by atoms with van der Waals surface area (Å²) in [6.07, 6.45) is 2.29. The summed E-state index contributed by atoms with van der Waals surface area (Å²) < 4.78 is 35.9. The highest BCUT2D eigenvalue weighted by molar-refractivity contribution is 7.86. The van der Waals surface area contributed by atoms with Crippen molar-refractivity contribution in [1.82, 2.24) is 14.5 Å². The second kappa shape index (κ2) is 3.14. The zero-order valence-electron chi connectivity index (χ0n) is 7.48. The summed E-state index contributed by atoms with van der Waals surface area (Å²) in [6.45, 7) is 0. The SMILES string of the molecule is Cn1cc(S(=O)(=O)F)c2c(Cl)ncnc21. The van der Waals surface area contributed by atoms with E-state index in [2.05, 4.69) is 9.97 Å². The van der Waals surface area contributed by atoms with Gasteiger partial charge in [0.25, 0.3) is 0 Å². The van der Waals surface area contributed by atoms with E-state index in [1.807, 2.05) is 0 Å². The van der Waals surface area contributed by atoms with Gasteiger partial charge in [-0.05, 0) is 0 Å². The van der Waals surface area contributed by atoms with Gasteiger partial charge in [-0.15, -0.1) is 3.89 Å². The van der Waals surface area contributed by atoms with Crippen LogP contribution >= 0.6 is 11.6 Å². The molecule has 15 heavy (non-hydrogen) atoms. The van der Waals surface area contributed by atoms with Crippen LogP contribution in [0.1, 0.15) is 0 Å². The smallest absolute Gasteiger partial charge is 0.334 e. The van der Waals surface area contributed by atoms with Gasteiger partial charge in [0.15, 0.2) is 0 Å². The van der Waals surface area contributed by atoms with Crippen molar-refractivity contribution in [1.29, 1.82) is 0 Å². The van der Waals surface area contributed by atoms with Gasteiger partial charge in [-0.1, -0.05) is 11.6 Å². The molecule has 2 heterocycles. The summed E-state index contributed by atoms with van der Waals surface area (Å²) in [5, 5.41) is -0.0824. The highest BCUT2D eigenvalue weighted by Crippen LogP contribution is 2.29. The number of fused-ring (bicyclic) bond motifs is 1. The van der Waals surface area contributed by atoms with Crippen LogP contribution in [-0.2, 0) is 17.3 Å². The van der Waals surface area contributed by atoms with Crippen molar-refractivity contribution in [2.24, 2.45) is 7.05 Å². The standard InChI is InChI=1S/C7H5ClFN3O2S/c1-12-2-4(15(9,13)14)5-6(8)10-3-11-7(5)12/h2-3H,1H3. The molecule has 2 aromatic heterocycles. The van der Waals surface area contributed by atoms with Crippen molar-refractivity contribution in [3.63, 3.8) is 0 Å². The molecule has 0 aliphatic heterocycles.